The van der Waals surface area contributed by atoms with E-state index in [0.29, 0.717) is 21.6 Å². The van der Waals surface area contributed by atoms with Gasteiger partial charge in [0.2, 0.25) is 10.0 Å². The van der Waals surface area contributed by atoms with Crippen molar-refractivity contribution in [1.29, 1.82) is 0 Å². The molecule has 1 aromatic carbocycles. The van der Waals surface area contributed by atoms with Gasteiger partial charge in [-0.2, -0.15) is 0 Å². The molecule has 2 N–H and O–H groups in total. The van der Waals surface area contributed by atoms with Gasteiger partial charge in [0.1, 0.15) is 0 Å². The maximum atomic E-state index is 12.5. The van der Waals surface area contributed by atoms with Crippen molar-refractivity contribution in [2.24, 2.45) is 0 Å². The number of nitrogens with one attached hydrogen (secondary N) is 2. The van der Waals surface area contributed by atoms with Gasteiger partial charge in [0.15, 0.2) is 0 Å². The largest absolute Gasteiger partial charge is 0.311 e. The van der Waals surface area contributed by atoms with Crippen LogP contribution in [0.5, 0.6) is 0 Å². The van der Waals surface area contributed by atoms with Crippen LogP contribution >= 0.6 is 39.9 Å². The number of hydrogen-bond acceptors (Lipinski definition) is 3. The molecule has 2 fully saturated rings. The Labute approximate surface area is 144 Å². The molecule has 2 heterocycles. The number of rotatable bonds is 3. The Balaban J connectivity index is 0.00000161. The fourth-order valence-corrected chi connectivity index (χ4v) is 5.62. The van der Waals surface area contributed by atoms with Crippen LogP contribution in [0, 0.1) is 0 Å². The SMILES string of the molecule is Cl.O=S(=O)(NC1CC2CCC(C1)N2)c1cccc(Cl)c1Br. The molecule has 2 aliphatic rings. The summed E-state index contributed by atoms with van der Waals surface area (Å²) in [5.41, 5.74) is 0. The average Bonchev–Trinajstić information content (AvgIpc) is 2.71. The Bertz CT molecular complexity index is 615. The zero-order chi connectivity index (χ0) is 14.3. The molecule has 118 valence electrons. The molecule has 0 spiro atoms. The van der Waals surface area contributed by atoms with E-state index < -0.39 is 10.0 Å². The highest BCUT2D eigenvalue weighted by Gasteiger charge is 2.35. The van der Waals surface area contributed by atoms with E-state index in [1.165, 1.54) is 0 Å². The number of sulfonamides is 1. The first-order valence-corrected chi connectivity index (χ1v) is 9.33. The molecular weight excluding hydrogens is 399 g/mol. The van der Waals surface area contributed by atoms with Gasteiger partial charge in [0.25, 0.3) is 0 Å². The molecule has 2 unspecified atom stereocenters. The Kier molecular flexibility index (Phi) is 5.60. The number of hydrogen-bond donors (Lipinski definition) is 2. The Morgan fingerprint density at radius 3 is 2.48 bits per heavy atom. The van der Waals surface area contributed by atoms with Gasteiger partial charge in [-0.15, -0.1) is 12.4 Å². The first-order valence-electron chi connectivity index (χ1n) is 6.68. The topological polar surface area (TPSA) is 58.2 Å². The van der Waals surface area contributed by atoms with Gasteiger partial charge in [0, 0.05) is 18.1 Å². The molecule has 8 heteroatoms. The van der Waals surface area contributed by atoms with E-state index in [4.69, 9.17) is 11.6 Å². The van der Waals surface area contributed by atoms with Crippen molar-refractivity contribution in [1.82, 2.24) is 10.0 Å². The molecule has 4 nitrogen and oxygen atoms in total. The van der Waals surface area contributed by atoms with Crippen LogP contribution < -0.4 is 10.0 Å². The van der Waals surface area contributed by atoms with Crippen LogP contribution in [0.2, 0.25) is 5.02 Å². The third-order valence-electron chi connectivity index (χ3n) is 4.00. The molecule has 0 aliphatic carbocycles. The predicted molar refractivity (Wildman–Crippen MR) is 89.7 cm³/mol. The maximum absolute atomic E-state index is 12.5. The normalized spacial score (nSPS) is 28.2. The molecule has 0 aromatic heterocycles. The molecule has 2 atom stereocenters. The summed E-state index contributed by atoms with van der Waals surface area (Å²) in [6.07, 6.45) is 4.00. The van der Waals surface area contributed by atoms with Gasteiger partial charge in [-0.1, -0.05) is 17.7 Å². The van der Waals surface area contributed by atoms with E-state index in [1.807, 2.05) is 0 Å². The smallest absolute Gasteiger partial charge is 0.241 e. The summed E-state index contributed by atoms with van der Waals surface area (Å²) >= 11 is 9.22. The summed E-state index contributed by atoms with van der Waals surface area (Å²) < 4.78 is 28.2. The van der Waals surface area contributed by atoms with Gasteiger partial charge < -0.3 is 5.32 Å². The minimum absolute atomic E-state index is 0. The number of fused-ring (bicyclic) bond motifs is 2. The summed E-state index contributed by atoms with van der Waals surface area (Å²) in [6, 6.07) is 5.77. The molecule has 2 saturated heterocycles. The van der Waals surface area contributed by atoms with Crippen molar-refractivity contribution in [3.8, 4) is 0 Å². The Morgan fingerprint density at radius 1 is 1.24 bits per heavy atom. The lowest BCUT2D eigenvalue weighted by Crippen LogP contribution is -2.47. The zero-order valence-electron chi connectivity index (χ0n) is 11.2. The van der Waals surface area contributed by atoms with Crippen LogP contribution in [-0.4, -0.2) is 26.5 Å². The zero-order valence-corrected chi connectivity index (χ0v) is 15.2. The maximum Gasteiger partial charge on any atom is 0.241 e. The van der Waals surface area contributed by atoms with Gasteiger partial charge >= 0.3 is 0 Å². The predicted octanol–water partition coefficient (Wildman–Crippen LogP) is 3.09. The van der Waals surface area contributed by atoms with E-state index >= 15 is 0 Å². The molecular formula is C13H17BrCl2N2O2S. The Hall–Kier alpha value is 0.150. The summed E-state index contributed by atoms with van der Waals surface area (Å²) in [7, 11) is -3.54. The van der Waals surface area contributed by atoms with Crippen molar-refractivity contribution >= 4 is 50.0 Å². The molecule has 0 radical (unpaired) electrons. The highest BCUT2D eigenvalue weighted by molar-refractivity contribution is 9.10. The minimum Gasteiger partial charge on any atom is -0.311 e. The van der Waals surface area contributed by atoms with Crippen molar-refractivity contribution in [2.75, 3.05) is 0 Å². The standard InChI is InChI=1S/C13H16BrClN2O2S.ClH/c14-13-11(15)2-1-3-12(13)20(18,19)17-10-6-8-4-5-9(7-10)16-8;/h1-3,8-10,16-17H,4-7H2;1H. The first-order chi connectivity index (χ1) is 9.45. The van der Waals surface area contributed by atoms with Crippen LogP contribution in [0.1, 0.15) is 25.7 Å². The highest BCUT2D eigenvalue weighted by Crippen LogP contribution is 2.31. The molecule has 0 amide bonds. The molecule has 3 rings (SSSR count). The number of halogens is 3. The number of benzene rings is 1. The van der Waals surface area contributed by atoms with E-state index in [-0.39, 0.29) is 23.3 Å². The molecule has 2 aliphatic heterocycles. The van der Waals surface area contributed by atoms with E-state index in [1.54, 1.807) is 18.2 Å². The summed E-state index contributed by atoms with van der Waals surface area (Å²) in [5.74, 6) is 0. The summed E-state index contributed by atoms with van der Waals surface area (Å²) in [4.78, 5) is 0.205. The second-order valence-corrected chi connectivity index (χ2v) is 8.36. The first kappa shape index (κ1) is 17.5. The second-order valence-electron chi connectivity index (χ2n) is 5.48. The van der Waals surface area contributed by atoms with E-state index in [0.717, 1.165) is 25.7 Å². The van der Waals surface area contributed by atoms with Gasteiger partial charge in [-0.3, -0.25) is 0 Å². The number of piperidine rings is 1. The quantitative estimate of drug-likeness (QED) is 0.797. The van der Waals surface area contributed by atoms with Crippen molar-refractivity contribution in [3.05, 3.63) is 27.7 Å². The molecule has 2 bridgehead atoms. The molecule has 21 heavy (non-hydrogen) atoms. The van der Waals surface area contributed by atoms with Gasteiger partial charge in [0.05, 0.1) is 14.4 Å². The monoisotopic (exact) mass is 414 g/mol. The third-order valence-corrected chi connectivity index (χ3v) is 7.22. The highest BCUT2D eigenvalue weighted by atomic mass is 79.9. The summed E-state index contributed by atoms with van der Waals surface area (Å²) in [6.45, 7) is 0. The van der Waals surface area contributed by atoms with Gasteiger partial charge in [-0.05, 0) is 53.7 Å². The van der Waals surface area contributed by atoms with Crippen LogP contribution in [0.3, 0.4) is 0 Å². The van der Waals surface area contributed by atoms with Crippen molar-refractivity contribution in [3.63, 3.8) is 0 Å². The minimum atomic E-state index is -3.54. The molecule has 0 saturated carbocycles. The Morgan fingerprint density at radius 2 is 1.86 bits per heavy atom. The molecule has 1 aromatic rings. The lowest BCUT2D eigenvalue weighted by Gasteiger charge is -2.29. The van der Waals surface area contributed by atoms with Crippen molar-refractivity contribution < 1.29 is 8.42 Å². The van der Waals surface area contributed by atoms with Crippen molar-refractivity contribution in [2.45, 2.75) is 48.7 Å². The van der Waals surface area contributed by atoms with Crippen LogP contribution in [0.25, 0.3) is 0 Å². The van der Waals surface area contributed by atoms with Gasteiger partial charge in [-0.25, -0.2) is 13.1 Å². The van der Waals surface area contributed by atoms with E-state index in [2.05, 4.69) is 26.0 Å². The lowest BCUT2D eigenvalue weighted by molar-refractivity contribution is 0.345. The fourth-order valence-electron chi connectivity index (χ4n) is 3.13. The van der Waals surface area contributed by atoms with Crippen LogP contribution in [0.4, 0.5) is 0 Å². The van der Waals surface area contributed by atoms with Crippen LogP contribution in [0.15, 0.2) is 27.6 Å². The lowest BCUT2D eigenvalue weighted by atomic mass is 10.0. The van der Waals surface area contributed by atoms with E-state index in [9.17, 15) is 8.42 Å². The average molecular weight is 416 g/mol. The third kappa shape index (κ3) is 3.74. The summed E-state index contributed by atoms with van der Waals surface area (Å²) in [5, 5.41) is 3.90. The van der Waals surface area contributed by atoms with Crippen LogP contribution in [-0.2, 0) is 10.0 Å². The fraction of sp³-hybridized carbons (Fsp3) is 0.538. The second kappa shape index (κ2) is 6.72.